The predicted octanol–water partition coefficient (Wildman–Crippen LogP) is 2.43. The van der Waals surface area contributed by atoms with Crippen molar-refractivity contribution in [2.24, 2.45) is 0 Å². The van der Waals surface area contributed by atoms with E-state index in [1.54, 1.807) is 23.3 Å². The lowest BCUT2D eigenvalue weighted by Gasteiger charge is -2.38. The Hall–Kier alpha value is -4.94. The fourth-order valence-corrected chi connectivity index (χ4v) is 6.14. The van der Waals surface area contributed by atoms with Crippen LogP contribution >= 0.6 is 0 Å². The predicted molar refractivity (Wildman–Crippen MR) is 139 cm³/mol. The average molecular weight is 524 g/mol. The van der Waals surface area contributed by atoms with Gasteiger partial charge in [-0.1, -0.05) is 0 Å². The van der Waals surface area contributed by atoms with Crippen LogP contribution in [0.15, 0.2) is 49.3 Å². The van der Waals surface area contributed by atoms with Gasteiger partial charge in [0, 0.05) is 47.7 Å². The van der Waals surface area contributed by atoms with Crippen molar-refractivity contribution in [1.82, 2.24) is 49.4 Å². The number of carbonyl (C=O) groups is 2. The van der Waals surface area contributed by atoms with E-state index in [0.717, 1.165) is 24.0 Å². The lowest BCUT2D eigenvalue weighted by Crippen LogP contribution is -2.46. The highest BCUT2D eigenvalue weighted by molar-refractivity contribution is 6.00. The standard InChI is InChI=1S/C26H25N11O2/c1-14(38)21-22(16-9-17-4-5-18(10-16)36(17)26(39)24-29-13-30-34-24)33-25-19(12-32-37(25)23(21)27)15-3-6-20(28-11-15)35-8-2-7-31-35/h2-3,6-8,11-13,16-18H,4-5,9-10,27H2,1H3,(H,29,30,34)/t16-,17+,18-. The number of pyridine rings is 1. The number of hydrogen-bond donors (Lipinski definition) is 2. The minimum absolute atomic E-state index is 0.0221. The summed E-state index contributed by atoms with van der Waals surface area (Å²) in [6.07, 6.45) is 11.5. The van der Waals surface area contributed by atoms with Crippen LogP contribution in [0.2, 0.25) is 0 Å². The van der Waals surface area contributed by atoms with Crippen molar-refractivity contribution >= 4 is 23.2 Å². The highest BCUT2D eigenvalue weighted by Crippen LogP contribution is 2.45. The number of amides is 1. The molecule has 3 atom stereocenters. The van der Waals surface area contributed by atoms with Crippen molar-refractivity contribution in [3.63, 3.8) is 0 Å². The monoisotopic (exact) mass is 523 g/mol. The number of H-pyrrole nitrogens is 1. The largest absolute Gasteiger partial charge is 0.383 e. The first-order valence-electron chi connectivity index (χ1n) is 12.8. The van der Waals surface area contributed by atoms with E-state index in [9.17, 15) is 9.59 Å². The van der Waals surface area contributed by atoms with E-state index < -0.39 is 0 Å². The molecule has 7 rings (SSSR count). The van der Waals surface area contributed by atoms with Crippen molar-refractivity contribution in [1.29, 1.82) is 0 Å². The molecule has 5 aromatic heterocycles. The number of aromatic nitrogens is 9. The molecule has 0 aromatic carbocycles. The van der Waals surface area contributed by atoms with Crippen LogP contribution in [0.25, 0.3) is 22.6 Å². The van der Waals surface area contributed by atoms with Crippen LogP contribution in [0.4, 0.5) is 5.82 Å². The number of aromatic amines is 1. The molecule has 39 heavy (non-hydrogen) atoms. The van der Waals surface area contributed by atoms with E-state index in [-0.39, 0.29) is 41.3 Å². The number of ketones is 1. The third-order valence-corrected chi connectivity index (χ3v) is 7.83. The maximum atomic E-state index is 13.1. The maximum absolute atomic E-state index is 13.1. The first-order valence-corrected chi connectivity index (χ1v) is 12.8. The molecule has 0 aliphatic carbocycles. The smallest absolute Gasteiger partial charge is 0.292 e. The van der Waals surface area contributed by atoms with Gasteiger partial charge in [0.05, 0.1) is 17.5 Å². The molecular weight excluding hydrogens is 498 g/mol. The van der Waals surface area contributed by atoms with Crippen LogP contribution in [0.3, 0.4) is 0 Å². The second-order valence-corrected chi connectivity index (χ2v) is 10.1. The maximum Gasteiger partial charge on any atom is 0.292 e. The molecule has 2 bridgehead atoms. The summed E-state index contributed by atoms with van der Waals surface area (Å²) in [5.74, 6) is 0.867. The lowest BCUT2D eigenvalue weighted by molar-refractivity contribution is 0.0556. The van der Waals surface area contributed by atoms with Gasteiger partial charge >= 0.3 is 0 Å². The quantitative estimate of drug-likeness (QED) is 0.329. The number of anilines is 1. The normalized spacial score (nSPS) is 20.5. The Bertz CT molecular complexity index is 1680. The number of hydrogen-bond acceptors (Lipinski definition) is 9. The third-order valence-electron chi connectivity index (χ3n) is 7.83. The number of nitrogens with two attached hydrogens (primary N) is 1. The van der Waals surface area contributed by atoms with Crippen LogP contribution in [-0.2, 0) is 0 Å². The van der Waals surface area contributed by atoms with Gasteiger partial charge in [-0.2, -0.15) is 14.7 Å². The SMILES string of the molecule is CC(=O)c1c([C@H]2C[C@H]3CC[C@@H](C2)N3C(=O)c2nnc[nH]2)nc2c(-c3ccc(-n4cccn4)nc3)cnn2c1N. The van der Waals surface area contributed by atoms with Gasteiger partial charge in [-0.15, -0.1) is 10.2 Å². The lowest BCUT2D eigenvalue weighted by atomic mass is 9.85. The average Bonchev–Trinajstić information content (AvgIpc) is 3.75. The molecule has 0 spiro atoms. The number of nitrogens with zero attached hydrogens (tertiary/aromatic N) is 9. The Morgan fingerprint density at radius 1 is 1.10 bits per heavy atom. The molecule has 0 unspecified atom stereocenters. The Labute approximate surface area is 222 Å². The Kier molecular flexibility index (Phi) is 5.25. The van der Waals surface area contributed by atoms with Gasteiger partial charge in [-0.25, -0.2) is 14.6 Å². The molecule has 0 saturated carbocycles. The number of nitrogens with one attached hydrogen (secondary N) is 1. The fraction of sp³-hybridized carbons (Fsp3) is 0.308. The van der Waals surface area contributed by atoms with Crippen molar-refractivity contribution < 1.29 is 9.59 Å². The zero-order chi connectivity index (χ0) is 26.7. The molecule has 13 heteroatoms. The van der Waals surface area contributed by atoms with Gasteiger partial charge < -0.3 is 15.6 Å². The Morgan fingerprint density at radius 3 is 2.56 bits per heavy atom. The van der Waals surface area contributed by atoms with E-state index in [2.05, 4.69) is 30.4 Å². The molecule has 196 valence electrons. The summed E-state index contributed by atoms with van der Waals surface area (Å²) in [6, 6.07) is 5.69. The minimum atomic E-state index is -0.160. The minimum Gasteiger partial charge on any atom is -0.383 e. The van der Waals surface area contributed by atoms with Gasteiger partial charge in [0.15, 0.2) is 17.2 Å². The van der Waals surface area contributed by atoms with Gasteiger partial charge in [0.25, 0.3) is 5.91 Å². The highest BCUT2D eigenvalue weighted by atomic mass is 16.2. The van der Waals surface area contributed by atoms with E-state index in [1.807, 2.05) is 29.3 Å². The molecule has 2 saturated heterocycles. The molecule has 5 aromatic rings. The number of fused-ring (bicyclic) bond motifs is 3. The highest BCUT2D eigenvalue weighted by Gasteiger charge is 2.45. The molecule has 1 amide bonds. The number of piperidine rings is 1. The van der Waals surface area contributed by atoms with Crippen LogP contribution in [0.1, 0.15) is 65.2 Å². The van der Waals surface area contributed by atoms with Crippen LogP contribution in [0.5, 0.6) is 0 Å². The van der Waals surface area contributed by atoms with Crippen LogP contribution in [0, 0.1) is 0 Å². The first kappa shape index (κ1) is 23.2. The summed E-state index contributed by atoms with van der Waals surface area (Å²) in [5.41, 5.74) is 9.77. The Balaban J connectivity index is 1.27. The topological polar surface area (TPSA) is 166 Å². The van der Waals surface area contributed by atoms with E-state index in [1.165, 1.54) is 17.8 Å². The van der Waals surface area contributed by atoms with Crippen molar-refractivity contribution in [3.05, 3.63) is 66.4 Å². The molecule has 7 heterocycles. The summed E-state index contributed by atoms with van der Waals surface area (Å²) in [5, 5.41) is 16.4. The zero-order valence-corrected chi connectivity index (χ0v) is 21.1. The Morgan fingerprint density at radius 2 is 1.92 bits per heavy atom. The van der Waals surface area contributed by atoms with Crippen molar-refractivity contribution in [2.75, 3.05) is 5.73 Å². The molecular formula is C26H25N11O2. The number of Topliss-reactive ketones (excluding diaryl/α,β-unsaturated/α-hetero) is 1. The van der Waals surface area contributed by atoms with Gasteiger partial charge in [-0.05, 0) is 50.8 Å². The van der Waals surface area contributed by atoms with Crippen LogP contribution in [-0.4, -0.2) is 73.2 Å². The number of nitrogen functional groups attached to an aromatic ring is 1. The van der Waals surface area contributed by atoms with E-state index in [4.69, 9.17) is 10.7 Å². The molecule has 2 aliphatic rings. The van der Waals surface area contributed by atoms with Crippen molar-refractivity contribution in [2.45, 2.75) is 50.6 Å². The summed E-state index contributed by atoms with van der Waals surface area (Å²) in [6.45, 7) is 1.50. The number of rotatable bonds is 5. The van der Waals surface area contributed by atoms with Gasteiger partial charge in [-0.3, -0.25) is 9.59 Å². The molecule has 0 radical (unpaired) electrons. The third kappa shape index (κ3) is 3.68. The summed E-state index contributed by atoms with van der Waals surface area (Å²) >= 11 is 0. The number of carbonyl (C=O) groups excluding carboxylic acids is 2. The molecule has 3 N–H and O–H groups in total. The zero-order valence-electron chi connectivity index (χ0n) is 21.1. The molecule has 2 fully saturated rings. The molecule has 13 nitrogen and oxygen atoms in total. The van der Waals surface area contributed by atoms with E-state index >= 15 is 0 Å². The van der Waals surface area contributed by atoms with Gasteiger partial charge in [0.2, 0.25) is 5.82 Å². The van der Waals surface area contributed by atoms with Crippen LogP contribution < -0.4 is 5.73 Å². The van der Waals surface area contributed by atoms with E-state index in [0.29, 0.717) is 35.6 Å². The summed E-state index contributed by atoms with van der Waals surface area (Å²) in [4.78, 5) is 40.3. The second kappa shape index (κ2) is 8.82. The molecule has 2 aliphatic heterocycles. The summed E-state index contributed by atoms with van der Waals surface area (Å²) in [7, 11) is 0. The fourth-order valence-electron chi connectivity index (χ4n) is 6.14. The first-order chi connectivity index (χ1) is 19.0. The second-order valence-electron chi connectivity index (χ2n) is 10.1. The van der Waals surface area contributed by atoms with Crippen molar-refractivity contribution in [3.8, 4) is 16.9 Å². The summed E-state index contributed by atoms with van der Waals surface area (Å²) < 4.78 is 3.20. The van der Waals surface area contributed by atoms with Gasteiger partial charge in [0.1, 0.15) is 12.1 Å².